The molecule has 9 heteroatoms. The van der Waals surface area contributed by atoms with Gasteiger partial charge in [-0.15, -0.1) is 0 Å². The predicted molar refractivity (Wildman–Crippen MR) is 62.2 cm³/mol. The van der Waals surface area contributed by atoms with Crippen LogP contribution in [0.3, 0.4) is 0 Å². The van der Waals surface area contributed by atoms with Crippen LogP contribution >= 0.6 is 11.6 Å². The Bertz CT molecular complexity index is 737. The van der Waals surface area contributed by atoms with E-state index in [0.717, 1.165) is 13.0 Å². The molecule has 0 amide bonds. The van der Waals surface area contributed by atoms with Gasteiger partial charge in [-0.1, -0.05) is 11.6 Å². The van der Waals surface area contributed by atoms with Gasteiger partial charge in [0.25, 0.3) is 0 Å². The molecule has 2 aromatic rings. The number of carboxylic acids is 1. The van der Waals surface area contributed by atoms with Gasteiger partial charge in [-0.05, 0) is 19.1 Å². The second kappa shape index (κ2) is 4.48. The van der Waals surface area contributed by atoms with Crippen molar-refractivity contribution in [3.63, 3.8) is 0 Å². The number of alkyl halides is 3. The summed E-state index contributed by atoms with van der Waals surface area (Å²) in [5.74, 6) is -2.14. The fourth-order valence-corrected chi connectivity index (χ4v) is 2.05. The number of pyridine rings is 1. The number of carbonyl (C=O) groups is 2. The number of Topliss-reactive ketones (excluding diaryl/α,β-unsaturated/α-hetero) is 1. The Morgan fingerprint density at radius 1 is 1.35 bits per heavy atom. The van der Waals surface area contributed by atoms with E-state index in [1.165, 1.54) is 0 Å². The normalized spacial score (nSPS) is 11.8. The molecule has 20 heavy (non-hydrogen) atoms. The summed E-state index contributed by atoms with van der Waals surface area (Å²) in [6.45, 7) is 1.13. The van der Waals surface area contributed by atoms with Crippen molar-refractivity contribution in [2.75, 3.05) is 0 Å². The molecule has 0 atom stereocenters. The quantitative estimate of drug-likeness (QED) is 0.866. The van der Waals surface area contributed by atoms with E-state index in [2.05, 4.69) is 5.10 Å². The fourth-order valence-electron chi connectivity index (χ4n) is 1.75. The van der Waals surface area contributed by atoms with E-state index in [9.17, 15) is 22.8 Å². The third kappa shape index (κ3) is 2.11. The van der Waals surface area contributed by atoms with E-state index in [1.807, 2.05) is 0 Å². The Morgan fingerprint density at radius 3 is 2.40 bits per heavy atom. The molecule has 5 nitrogen and oxygen atoms in total. The van der Waals surface area contributed by atoms with Crippen LogP contribution in [0.25, 0.3) is 5.52 Å². The minimum Gasteiger partial charge on any atom is -0.476 e. The molecule has 0 spiro atoms. The number of aromatic carboxylic acids is 1. The first-order valence-electron chi connectivity index (χ1n) is 5.17. The van der Waals surface area contributed by atoms with Crippen molar-refractivity contribution in [2.45, 2.75) is 13.1 Å². The Balaban J connectivity index is 2.97. The van der Waals surface area contributed by atoms with E-state index < -0.39 is 34.3 Å². The Morgan fingerprint density at radius 2 is 1.95 bits per heavy atom. The van der Waals surface area contributed by atoms with Crippen molar-refractivity contribution in [3.8, 4) is 0 Å². The Hall–Kier alpha value is -2.09. The van der Waals surface area contributed by atoms with E-state index in [4.69, 9.17) is 16.7 Å². The molecule has 0 bridgehead atoms. The van der Waals surface area contributed by atoms with Gasteiger partial charge in [-0.25, -0.2) is 9.31 Å². The molecule has 0 unspecified atom stereocenters. The molecule has 0 saturated heterocycles. The van der Waals surface area contributed by atoms with Gasteiger partial charge < -0.3 is 5.11 Å². The number of nitrogens with zero attached hydrogens (tertiary/aromatic N) is 2. The van der Waals surface area contributed by atoms with Gasteiger partial charge in [0.2, 0.25) is 0 Å². The molecule has 2 heterocycles. The smallest absolute Gasteiger partial charge is 0.433 e. The number of halogens is 4. The van der Waals surface area contributed by atoms with E-state index >= 15 is 0 Å². The first-order chi connectivity index (χ1) is 9.14. The van der Waals surface area contributed by atoms with Crippen LogP contribution in [0.5, 0.6) is 0 Å². The van der Waals surface area contributed by atoms with E-state index in [-0.39, 0.29) is 11.1 Å². The minimum atomic E-state index is -4.77. The average molecular weight is 307 g/mol. The van der Waals surface area contributed by atoms with E-state index in [0.29, 0.717) is 10.6 Å². The highest BCUT2D eigenvalue weighted by Crippen LogP contribution is 2.34. The zero-order chi connectivity index (χ0) is 15.2. The van der Waals surface area contributed by atoms with Gasteiger partial charge in [-0.2, -0.15) is 18.3 Å². The molecule has 0 aliphatic carbocycles. The van der Waals surface area contributed by atoms with Crippen molar-refractivity contribution in [2.24, 2.45) is 0 Å². The van der Waals surface area contributed by atoms with Crippen molar-refractivity contribution in [1.82, 2.24) is 9.61 Å². The van der Waals surface area contributed by atoms with Crippen molar-refractivity contribution in [3.05, 3.63) is 34.1 Å². The van der Waals surface area contributed by atoms with Gasteiger partial charge in [-0.3, -0.25) is 4.79 Å². The molecular formula is C11H6ClF3N2O3. The molecule has 0 aliphatic heterocycles. The molecule has 2 aromatic heterocycles. The van der Waals surface area contributed by atoms with Gasteiger partial charge in [0.15, 0.2) is 11.5 Å². The number of ketones is 1. The standard InChI is InChI=1S/C11H6ClF3N2O3/c1-4(18)5-2-3-6(11(13,14)15)17-9(5)7(12)8(16-17)10(19)20/h2-3H,1H3,(H,19,20). The summed E-state index contributed by atoms with van der Waals surface area (Å²) in [6.07, 6.45) is -4.77. The number of carbonyl (C=O) groups excluding carboxylic acids is 1. The molecule has 2 rings (SSSR count). The summed E-state index contributed by atoms with van der Waals surface area (Å²) < 4.78 is 38.9. The average Bonchev–Trinajstić information content (AvgIpc) is 2.65. The molecule has 0 aliphatic rings. The molecule has 0 aromatic carbocycles. The fraction of sp³-hybridized carbons (Fsp3) is 0.182. The lowest BCUT2D eigenvalue weighted by molar-refractivity contribution is -0.142. The maximum absolute atomic E-state index is 12.9. The summed E-state index contributed by atoms with van der Waals surface area (Å²) in [5, 5.41) is 11.7. The number of hydrogen-bond acceptors (Lipinski definition) is 3. The van der Waals surface area contributed by atoms with Crippen molar-refractivity contribution >= 4 is 28.9 Å². The van der Waals surface area contributed by atoms with Crippen molar-refractivity contribution in [1.29, 1.82) is 0 Å². The predicted octanol–water partition coefficient (Wildman–Crippen LogP) is 2.91. The monoisotopic (exact) mass is 306 g/mol. The third-order valence-electron chi connectivity index (χ3n) is 2.59. The zero-order valence-corrected chi connectivity index (χ0v) is 10.6. The van der Waals surface area contributed by atoms with Crippen LogP contribution < -0.4 is 0 Å². The van der Waals surface area contributed by atoms with Crippen LogP contribution in [0.15, 0.2) is 12.1 Å². The lowest BCUT2D eigenvalue weighted by atomic mass is 10.1. The summed E-state index contributed by atoms with van der Waals surface area (Å²) in [6, 6.07) is 1.60. The van der Waals surface area contributed by atoms with Gasteiger partial charge in [0.1, 0.15) is 10.7 Å². The second-order valence-electron chi connectivity index (χ2n) is 3.91. The van der Waals surface area contributed by atoms with Crippen LogP contribution in [0, 0.1) is 0 Å². The van der Waals surface area contributed by atoms with Gasteiger partial charge >= 0.3 is 12.1 Å². The summed E-state index contributed by atoms with van der Waals surface area (Å²) in [4.78, 5) is 22.3. The number of rotatable bonds is 2. The molecule has 1 N–H and O–H groups in total. The largest absolute Gasteiger partial charge is 0.476 e. The number of aromatic nitrogens is 2. The number of hydrogen-bond donors (Lipinski definition) is 1. The Labute approximate surface area is 114 Å². The van der Waals surface area contributed by atoms with Crippen LogP contribution in [0.4, 0.5) is 13.2 Å². The van der Waals surface area contributed by atoms with E-state index in [1.54, 1.807) is 0 Å². The van der Waals surface area contributed by atoms with Crippen molar-refractivity contribution < 1.29 is 27.9 Å². The van der Waals surface area contributed by atoms with Crippen LogP contribution in [-0.4, -0.2) is 26.5 Å². The maximum atomic E-state index is 12.9. The molecular weight excluding hydrogens is 301 g/mol. The number of carboxylic acid groups (broad SMARTS) is 1. The topological polar surface area (TPSA) is 71.7 Å². The first kappa shape index (κ1) is 14.3. The second-order valence-corrected chi connectivity index (χ2v) is 4.29. The van der Waals surface area contributed by atoms with Gasteiger partial charge in [0.05, 0.1) is 5.52 Å². The molecule has 106 valence electrons. The molecule has 0 radical (unpaired) electrons. The first-order valence-corrected chi connectivity index (χ1v) is 5.55. The zero-order valence-electron chi connectivity index (χ0n) is 9.82. The van der Waals surface area contributed by atoms with Crippen LogP contribution in [0.1, 0.15) is 33.5 Å². The highest BCUT2D eigenvalue weighted by molar-refractivity contribution is 6.37. The molecule has 0 saturated carbocycles. The molecule has 0 fully saturated rings. The third-order valence-corrected chi connectivity index (χ3v) is 2.95. The summed E-state index contributed by atoms with van der Waals surface area (Å²) in [7, 11) is 0. The van der Waals surface area contributed by atoms with Gasteiger partial charge in [0, 0.05) is 5.56 Å². The highest BCUT2D eigenvalue weighted by Gasteiger charge is 2.36. The summed E-state index contributed by atoms with van der Waals surface area (Å²) in [5.41, 5.74) is -2.47. The van der Waals surface area contributed by atoms with Crippen LogP contribution in [-0.2, 0) is 6.18 Å². The highest BCUT2D eigenvalue weighted by atomic mass is 35.5. The minimum absolute atomic E-state index is 0.136. The SMILES string of the molecule is CC(=O)c1ccc(C(F)(F)F)n2nc(C(=O)O)c(Cl)c12. The lowest BCUT2D eigenvalue weighted by Gasteiger charge is -2.10. The lowest BCUT2D eigenvalue weighted by Crippen LogP contribution is -2.14. The Kier molecular flexibility index (Phi) is 3.21. The summed E-state index contributed by atoms with van der Waals surface area (Å²) >= 11 is 5.74. The number of fused-ring (bicyclic) bond motifs is 1. The maximum Gasteiger partial charge on any atom is 0.433 e. The van der Waals surface area contributed by atoms with Crippen LogP contribution in [0.2, 0.25) is 5.02 Å².